The highest BCUT2D eigenvalue weighted by Crippen LogP contribution is 2.22. The molecule has 2 nitrogen and oxygen atoms in total. The van der Waals surface area contributed by atoms with Crippen LogP contribution in [0.25, 0.3) is 0 Å². The molecule has 0 N–H and O–H groups in total. The molecule has 0 aromatic heterocycles. The van der Waals surface area contributed by atoms with E-state index in [1.165, 1.54) is 0 Å². The summed E-state index contributed by atoms with van der Waals surface area (Å²) in [6.45, 7) is 7.83. The van der Waals surface area contributed by atoms with Gasteiger partial charge >= 0.3 is 0 Å². The topological polar surface area (TPSA) is 18.5 Å². The van der Waals surface area contributed by atoms with E-state index in [-0.39, 0.29) is 11.7 Å². The van der Waals surface area contributed by atoms with Gasteiger partial charge in [0.05, 0.1) is 13.2 Å². The van der Waals surface area contributed by atoms with Crippen LogP contribution in [-0.2, 0) is 9.47 Å². The third-order valence-electron chi connectivity index (χ3n) is 1.42. The van der Waals surface area contributed by atoms with E-state index in [1.54, 1.807) is 0 Å². The second-order valence-corrected chi connectivity index (χ2v) is 3.35. The van der Waals surface area contributed by atoms with Crippen LogP contribution in [-0.4, -0.2) is 19.5 Å². The fourth-order valence-corrected chi connectivity index (χ4v) is 0.776. The number of rotatable bonds is 0. The predicted octanol–water partition coefficient (Wildman–Crippen LogP) is 1.41. The van der Waals surface area contributed by atoms with Crippen LogP contribution < -0.4 is 0 Å². The molecule has 1 saturated heterocycles. The summed E-state index contributed by atoms with van der Waals surface area (Å²) in [5.41, 5.74) is 0.215. The van der Waals surface area contributed by atoms with E-state index in [4.69, 9.17) is 9.47 Å². The van der Waals surface area contributed by atoms with Gasteiger partial charge in [-0.3, -0.25) is 0 Å². The quantitative estimate of drug-likeness (QED) is 0.493. The molecule has 0 unspecified atom stereocenters. The van der Waals surface area contributed by atoms with Crippen molar-refractivity contribution in [1.29, 1.82) is 0 Å². The zero-order chi connectivity index (χ0) is 6.91. The monoisotopic (exact) mass is 130 g/mol. The number of hydrogen-bond acceptors (Lipinski definition) is 2. The van der Waals surface area contributed by atoms with Crippen molar-refractivity contribution in [3.63, 3.8) is 0 Å². The summed E-state index contributed by atoms with van der Waals surface area (Å²) < 4.78 is 10.5. The van der Waals surface area contributed by atoms with Gasteiger partial charge in [0.25, 0.3) is 0 Å². The minimum Gasteiger partial charge on any atom is -0.352 e. The lowest BCUT2D eigenvalue weighted by Crippen LogP contribution is -2.36. The fourth-order valence-electron chi connectivity index (χ4n) is 0.776. The maximum absolute atomic E-state index is 5.27. The van der Waals surface area contributed by atoms with Gasteiger partial charge in [0.2, 0.25) is 0 Å². The highest BCUT2D eigenvalue weighted by molar-refractivity contribution is 4.69. The van der Waals surface area contributed by atoms with Gasteiger partial charge < -0.3 is 9.47 Å². The van der Waals surface area contributed by atoms with Crippen LogP contribution in [0.15, 0.2) is 0 Å². The molecule has 0 bridgehead atoms. The van der Waals surface area contributed by atoms with E-state index in [2.05, 4.69) is 13.8 Å². The first-order chi connectivity index (χ1) is 4.10. The van der Waals surface area contributed by atoms with Crippen LogP contribution in [0, 0.1) is 5.41 Å². The molecule has 0 aliphatic carbocycles. The molecular weight excluding hydrogens is 116 g/mol. The summed E-state index contributed by atoms with van der Waals surface area (Å²) in [6, 6.07) is 0. The Labute approximate surface area is 56.2 Å². The summed E-state index contributed by atoms with van der Waals surface area (Å²) >= 11 is 0. The van der Waals surface area contributed by atoms with Crippen molar-refractivity contribution in [2.24, 2.45) is 5.41 Å². The molecule has 0 spiro atoms. The Hall–Kier alpha value is -0.0800. The molecular formula is C7H14O2. The molecule has 0 amide bonds. The molecule has 2 heteroatoms. The Morgan fingerprint density at radius 1 is 1.22 bits per heavy atom. The molecule has 0 aromatic rings. The molecule has 1 aliphatic heterocycles. The van der Waals surface area contributed by atoms with Gasteiger partial charge in [-0.25, -0.2) is 0 Å². The van der Waals surface area contributed by atoms with Crippen molar-refractivity contribution < 1.29 is 9.47 Å². The lowest BCUT2D eigenvalue weighted by atomic mass is 9.96. The highest BCUT2D eigenvalue weighted by atomic mass is 16.7. The van der Waals surface area contributed by atoms with Crippen molar-refractivity contribution in [1.82, 2.24) is 0 Å². The van der Waals surface area contributed by atoms with Gasteiger partial charge in [0, 0.05) is 5.41 Å². The molecule has 0 aromatic carbocycles. The molecule has 0 atom stereocenters. The van der Waals surface area contributed by atoms with Crippen molar-refractivity contribution in [3.05, 3.63) is 0 Å². The van der Waals surface area contributed by atoms with Crippen molar-refractivity contribution in [2.75, 3.05) is 13.2 Å². The summed E-state index contributed by atoms with van der Waals surface area (Å²) in [7, 11) is 0. The van der Waals surface area contributed by atoms with Crippen LogP contribution in [0.2, 0.25) is 0 Å². The molecule has 54 valence electrons. The smallest absolute Gasteiger partial charge is 0.154 e. The van der Waals surface area contributed by atoms with E-state index in [9.17, 15) is 0 Å². The van der Waals surface area contributed by atoms with Gasteiger partial charge in [-0.05, 0) is 6.92 Å². The third-order valence-corrected chi connectivity index (χ3v) is 1.42. The maximum atomic E-state index is 5.27. The van der Waals surface area contributed by atoms with Crippen molar-refractivity contribution in [2.45, 2.75) is 27.1 Å². The van der Waals surface area contributed by atoms with Gasteiger partial charge in [-0.2, -0.15) is 0 Å². The summed E-state index contributed by atoms with van der Waals surface area (Å²) in [5.74, 6) is 0. The van der Waals surface area contributed by atoms with Crippen LogP contribution in [0.4, 0.5) is 0 Å². The minimum atomic E-state index is -0.00183. The maximum Gasteiger partial charge on any atom is 0.154 e. The molecule has 1 heterocycles. The Bertz CT molecular complexity index is 89.1. The molecule has 1 fully saturated rings. The number of ether oxygens (including phenoxy) is 2. The van der Waals surface area contributed by atoms with E-state index in [0.717, 1.165) is 13.2 Å². The van der Waals surface area contributed by atoms with Crippen LogP contribution in [0.5, 0.6) is 0 Å². The molecule has 0 radical (unpaired) electrons. The summed E-state index contributed by atoms with van der Waals surface area (Å²) in [4.78, 5) is 0. The second kappa shape index (κ2) is 2.27. The zero-order valence-electron chi connectivity index (χ0n) is 6.31. The third kappa shape index (κ3) is 1.95. The normalized spacial score (nSPS) is 28.3. The van der Waals surface area contributed by atoms with E-state index in [1.807, 2.05) is 6.92 Å². The van der Waals surface area contributed by atoms with Crippen molar-refractivity contribution in [3.8, 4) is 0 Å². The molecule has 0 saturated carbocycles. The first-order valence-electron chi connectivity index (χ1n) is 3.33. The molecule has 1 aliphatic rings. The average Bonchev–Trinajstić information content (AvgIpc) is 1.78. The average molecular weight is 130 g/mol. The summed E-state index contributed by atoms with van der Waals surface area (Å²) in [6.07, 6.45) is -0.00183. The first-order valence-corrected chi connectivity index (χ1v) is 3.33. The fraction of sp³-hybridized carbons (Fsp3) is 1.00. The SMILES string of the molecule is CC1OCC(C)(C)CO1. The minimum absolute atomic E-state index is 0.00183. The molecule has 9 heavy (non-hydrogen) atoms. The standard InChI is InChI=1S/C7H14O2/c1-6-8-4-7(2,3)5-9-6/h6H,4-5H2,1-3H3. The van der Waals surface area contributed by atoms with Gasteiger partial charge in [-0.15, -0.1) is 0 Å². The van der Waals surface area contributed by atoms with Crippen LogP contribution in [0.3, 0.4) is 0 Å². The van der Waals surface area contributed by atoms with Crippen molar-refractivity contribution >= 4 is 0 Å². The van der Waals surface area contributed by atoms with Gasteiger partial charge in [0.1, 0.15) is 0 Å². The lowest BCUT2D eigenvalue weighted by Gasteiger charge is -2.32. The Kier molecular flexibility index (Phi) is 1.78. The van der Waals surface area contributed by atoms with E-state index in [0.29, 0.717) is 0 Å². The van der Waals surface area contributed by atoms with Crippen LogP contribution in [0.1, 0.15) is 20.8 Å². The lowest BCUT2D eigenvalue weighted by molar-refractivity contribution is -0.212. The number of hydrogen-bond donors (Lipinski definition) is 0. The summed E-state index contributed by atoms with van der Waals surface area (Å²) in [5, 5.41) is 0. The Balaban J connectivity index is 2.35. The largest absolute Gasteiger partial charge is 0.352 e. The Morgan fingerprint density at radius 3 is 2.00 bits per heavy atom. The Morgan fingerprint density at radius 2 is 1.67 bits per heavy atom. The molecule has 1 rings (SSSR count). The highest BCUT2D eigenvalue weighted by Gasteiger charge is 2.25. The van der Waals surface area contributed by atoms with Crippen LogP contribution >= 0.6 is 0 Å². The second-order valence-electron chi connectivity index (χ2n) is 3.35. The van der Waals surface area contributed by atoms with Gasteiger partial charge in [-0.1, -0.05) is 13.8 Å². The zero-order valence-corrected chi connectivity index (χ0v) is 6.31. The van der Waals surface area contributed by atoms with E-state index < -0.39 is 0 Å². The van der Waals surface area contributed by atoms with E-state index >= 15 is 0 Å². The first kappa shape index (κ1) is 7.03. The van der Waals surface area contributed by atoms with Gasteiger partial charge in [0.15, 0.2) is 6.29 Å². The predicted molar refractivity (Wildman–Crippen MR) is 35.1 cm³/mol.